The van der Waals surface area contributed by atoms with E-state index < -0.39 is 28.5 Å². The molecule has 0 aromatic heterocycles. The van der Waals surface area contributed by atoms with Gasteiger partial charge in [0.05, 0.1) is 10.6 Å². The number of aryl methyl sites for hydroxylation is 2. The third kappa shape index (κ3) is 8.74. The smallest absolute Gasteiger partial charge is 0.264 e. The second-order valence-electron chi connectivity index (χ2n) is 11.3. The average molecular weight is 646 g/mol. The van der Waals surface area contributed by atoms with Crippen LogP contribution in [0.25, 0.3) is 0 Å². The van der Waals surface area contributed by atoms with Crippen LogP contribution in [0.2, 0.25) is 5.02 Å². The Morgan fingerprint density at radius 3 is 2.02 bits per heavy atom. The Hall–Kier alpha value is -4.14. The van der Waals surface area contributed by atoms with Crippen molar-refractivity contribution in [3.8, 4) is 0 Å². The Labute approximate surface area is 271 Å². The van der Waals surface area contributed by atoms with Gasteiger partial charge in [0, 0.05) is 24.0 Å². The van der Waals surface area contributed by atoms with E-state index in [1.165, 1.54) is 17.0 Å². The van der Waals surface area contributed by atoms with Gasteiger partial charge in [0.1, 0.15) is 12.6 Å². The van der Waals surface area contributed by atoms with Gasteiger partial charge in [-0.3, -0.25) is 13.9 Å². The van der Waals surface area contributed by atoms with Gasteiger partial charge in [-0.1, -0.05) is 103 Å². The zero-order valence-electron chi connectivity index (χ0n) is 26.1. The fourth-order valence-electron chi connectivity index (χ4n) is 4.88. The van der Waals surface area contributed by atoms with Crippen molar-refractivity contribution in [2.75, 3.05) is 10.8 Å². The molecule has 7 nitrogen and oxygen atoms in total. The number of sulfonamides is 1. The summed E-state index contributed by atoms with van der Waals surface area (Å²) < 4.78 is 29.4. The minimum absolute atomic E-state index is 0.0440. The first kappa shape index (κ1) is 33.7. The van der Waals surface area contributed by atoms with Gasteiger partial charge in [0.15, 0.2) is 0 Å². The summed E-state index contributed by atoms with van der Waals surface area (Å²) in [6.07, 6.45) is 0.968. The van der Waals surface area contributed by atoms with Crippen molar-refractivity contribution in [3.63, 3.8) is 0 Å². The zero-order chi connectivity index (χ0) is 32.6. The molecule has 45 heavy (non-hydrogen) atoms. The van der Waals surface area contributed by atoms with E-state index in [1.807, 2.05) is 88.4 Å². The van der Waals surface area contributed by atoms with E-state index in [0.717, 1.165) is 26.6 Å². The van der Waals surface area contributed by atoms with Crippen molar-refractivity contribution >= 4 is 39.1 Å². The van der Waals surface area contributed by atoms with Crippen molar-refractivity contribution in [1.82, 2.24) is 10.2 Å². The number of hydrogen-bond acceptors (Lipinski definition) is 4. The van der Waals surface area contributed by atoms with Crippen molar-refractivity contribution in [3.05, 3.63) is 130 Å². The number of carbonyl (C=O) groups excluding carboxylic acids is 2. The van der Waals surface area contributed by atoms with Gasteiger partial charge in [-0.25, -0.2) is 8.42 Å². The minimum Gasteiger partial charge on any atom is -0.352 e. The lowest BCUT2D eigenvalue weighted by atomic mass is 10.0. The summed E-state index contributed by atoms with van der Waals surface area (Å²) in [5.74, 6) is -0.824. The van der Waals surface area contributed by atoms with Crippen molar-refractivity contribution < 1.29 is 18.0 Å². The SMILES string of the molecule is CCC(C)NC(=O)C(Cc1ccccc1)N(Cc1ccccc1)C(=O)CN(c1ccc(C)c(Cl)c1)S(=O)(=O)c1ccc(C)cc1. The Bertz CT molecular complexity index is 1700. The van der Waals surface area contributed by atoms with Crippen molar-refractivity contribution in [2.24, 2.45) is 0 Å². The van der Waals surface area contributed by atoms with E-state index in [0.29, 0.717) is 11.4 Å². The van der Waals surface area contributed by atoms with Crippen LogP contribution in [0, 0.1) is 13.8 Å². The number of amides is 2. The van der Waals surface area contributed by atoms with E-state index >= 15 is 0 Å². The lowest BCUT2D eigenvalue weighted by Crippen LogP contribution is -2.54. The van der Waals surface area contributed by atoms with Gasteiger partial charge in [-0.2, -0.15) is 0 Å². The lowest BCUT2D eigenvalue weighted by molar-refractivity contribution is -0.140. The fraction of sp³-hybridized carbons (Fsp3) is 0.278. The van der Waals surface area contributed by atoms with Crippen LogP contribution in [0.15, 0.2) is 108 Å². The van der Waals surface area contributed by atoms with Crippen LogP contribution >= 0.6 is 11.6 Å². The van der Waals surface area contributed by atoms with Gasteiger partial charge in [0.25, 0.3) is 10.0 Å². The molecule has 0 radical (unpaired) electrons. The molecule has 0 saturated heterocycles. The second-order valence-corrected chi connectivity index (χ2v) is 13.6. The average Bonchev–Trinajstić information content (AvgIpc) is 3.03. The van der Waals surface area contributed by atoms with E-state index in [4.69, 9.17) is 11.6 Å². The molecule has 0 fully saturated rings. The number of hydrogen-bond donors (Lipinski definition) is 1. The molecule has 0 bridgehead atoms. The summed E-state index contributed by atoms with van der Waals surface area (Å²) in [5, 5.41) is 3.42. The van der Waals surface area contributed by atoms with Gasteiger partial charge in [0.2, 0.25) is 11.8 Å². The zero-order valence-corrected chi connectivity index (χ0v) is 27.7. The highest BCUT2D eigenvalue weighted by Crippen LogP contribution is 2.29. The predicted octanol–water partition coefficient (Wildman–Crippen LogP) is 6.71. The molecular weight excluding hydrogens is 606 g/mol. The molecule has 4 aromatic rings. The first-order valence-corrected chi connectivity index (χ1v) is 16.8. The van der Waals surface area contributed by atoms with Gasteiger partial charge < -0.3 is 10.2 Å². The largest absolute Gasteiger partial charge is 0.352 e. The number of carbonyl (C=O) groups is 2. The molecule has 1 N–H and O–H groups in total. The van der Waals surface area contributed by atoms with Crippen molar-refractivity contribution in [1.29, 1.82) is 0 Å². The predicted molar refractivity (Wildman–Crippen MR) is 181 cm³/mol. The third-order valence-electron chi connectivity index (χ3n) is 7.80. The molecule has 2 atom stereocenters. The topological polar surface area (TPSA) is 86.8 Å². The second kappa shape index (κ2) is 15.2. The maximum Gasteiger partial charge on any atom is 0.264 e. The minimum atomic E-state index is -4.20. The number of anilines is 1. The molecule has 4 aromatic carbocycles. The Morgan fingerprint density at radius 2 is 1.44 bits per heavy atom. The molecule has 0 saturated carbocycles. The molecule has 2 unspecified atom stereocenters. The highest BCUT2D eigenvalue weighted by Gasteiger charge is 2.35. The number of nitrogens with zero attached hydrogens (tertiary/aromatic N) is 2. The summed E-state index contributed by atoms with van der Waals surface area (Å²) in [7, 11) is -4.20. The summed E-state index contributed by atoms with van der Waals surface area (Å²) in [6.45, 7) is 7.16. The lowest BCUT2D eigenvalue weighted by Gasteiger charge is -2.34. The van der Waals surface area contributed by atoms with E-state index in [1.54, 1.807) is 30.3 Å². The summed E-state index contributed by atoms with van der Waals surface area (Å²) in [6, 6.07) is 29.2. The molecule has 236 valence electrons. The standard InChI is InChI=1S/C36H40ClN3O4S/c1-5-28(4)38-36(42)34(22-29-12-8-6-9-13-29)39(24-30-14-10-7-11-15-30)35(41)25-40(31-19-18-27(3)33(37)23-31)45(43,44)32-20-16-26(2)17-21-32/h6-21,23,28,34H,5,22,24-25H2,1-4H3,(H,38,42). The van der Waals surface area contributed by atoms with Gasteiger partial charge in [-0.05, 0) is 68.1 Å². The molecule has 0 aliphatic heterocycles. The normalized spacial score (nSPS) is 12.6. The quantitative estimate of drug-likeness (QED) is 0.175. The van der Waals surface area contributed by atoms with E-state index in [-0.39, 0.29) is 35.5 Å². The highest BCUT2D eigenvalue weighted by molar-refractivity contribution is 7.92. The van der Waals surface area contributed by atoms with Crippen LogP contribution in [0.1, 0.15) is 42.5 Å². The molecule has 0 spiro atoms. The first-order valence-electron chi connectivity index (χ1n) is 15.0. The first-order chi connectivity index (χ1) is 21.5. The van der Waals surface area contributed by atoms with Gasteiger partial charge in [-0.15, -0.1) is 0 Å². The molecule has 4 rings (SSSR count). The number of nitrogens with one attached hydrogen (secondary N) is 1. The molecular formula is C36H40ClN3O4S. The molecule has 2 amide bonds. The molecule has 0 aliphatic rings. The molecule has 0 aliphatic carbocycles. The Kier molecular flexibility index (Phi) is 11.4. The van der Waals surface area contributed by atoms with Crippen LogP contribution in [0.3, 0.4) is 0 Å². The number of rotatable bonds is 13. The Morgan fingerprint density at radius 1 is 0.844 bits per heavy atom. The number of halogens is 1. The van der Waals surface area contributed by atoms with Crippen LogP contribution in [-0.2, 0) is 32.6 Å². The number of benzene rings is 4. The van der Waals surface area contributed by atoms with E-state index in [2.05, 4.69) is 5.32 Å². The third-order valence-corrected chi connectivity index (χ3v) is 9.99. The van der Waals surface area contributed by atoms with Crippen molar-refractivity contribution in [2.45, 2.75) is 64.1 Å². The van der Waals surface area contributed by atoms with Crippen LogP contribution in [0.5, 0.6) is 0 Å². The van der Waals surface area contributed by atoms with Crippen LogP contribution in [0.4, 0.5) is 5.69 Å². The van der Waals surface area contributed by atoms with Crippen LogP contribution in [-0.4, -0.2) is 43.8 Å². The molecule has 9 heteroatoms. The van der Waals surface area contributed by atoms with E-state index in [9.17, 15) is 18.0 Å². The Balaban J connectivity index is 1.81. The monoisotopic (exact) mass is 645 g/mol. The summed E-state index contributed by atoms with van der Waals surface area (Å²) >= 11 is 6.46. The summed E-state index contributed by atoms with van der Waals surface area (Å²) in [4.78, 5) is 29.9. The summed E-state index contributed by atoms with van der Waals surface area (Å²) in [5.41, 5.74) is 3.62. The fourth-order valence-corrected chi connectivity index (χ4v) is 6.46. The highest BCUT2D eigenvalue weighted by atomic mass is 35.5. The molecule has 0 heterocycles. The maximum absolute atomic E-state index is 14.5. The maximum atomic E-state index is 14.5. The van der Waals surface area contributed by atoms with Gasteiger partial charge >= 0.3 is 0 Å². The van der Waals surface area contributed by atoms with Crippen LogP contribution < -0.4 is 9.62 Å².